The molecule has 118 valence electrons. The Morgan fingerprint density at radius 3 is 2.64 bits per heavy atom. The number of aromatic nitrogens is 2. The molecule has 2 heterocycles. The Balaban J connectivity index is 2.08. The molecule has 1 aliphatic heterocycles. The zero-order valence-electron chi connectivity index (χ0n) is 13.0. The normalized spacial score (nSPS) is 17.0. The van der Waals surface area contributed by atoms with Crippen LogP contribution in [0.15, 0.2) is 27.8 Å². The molecular formula is C16H21N3O3. The summed E-state index contributed by atoms with van der Waals surface area (Å²) in [6.45, 7) is 4.97. The maximum Gasteiger partial charge on any atom is 0.329 e. The van der Waals surface area contributed by atoms with Crippen molar-refractivity contribution >= 4 is 10.9 Å². The Morgan fingerprint density at radius 2 is 2.00 bits per heavy atom. The number of hydrogen-bond donors (Lipinski definition) is 1. The average Bonchev–Trinajstić information content (AvgIpc) is 2.55. The van der Waals surface area contributed by atoms with Crippen molar-refractivity contribution in [2.24, 2.45) is 0 Å². The average molecular weight is 303 g/mol. The van der Waals surface area contributed by atoms with Crippen LogP contribution >= 0.6 is 0 Å². The summed E-state index contributed by atoms with van der Waals surface area (Å²) in [6.07, 6.45) is 1.65. The molecule has 0 unspecified atom stereocenters. The van der Waals surface area contributed by atoms with Gasteiger partial charge in [-0.05, 0) is 31.5 Å². The first-order chi connectivity index (χ1) is 10.7. The van der Waals surface area contributed by atoms with Gasteiger partial charge in [-0.1, -0.05) is 13.0 Å². The number of nitrogens with zero attached hydrogens (tertiary/aromatic N) is 2. The highest BCUT2D eigenvalue weighted by atomic mass is 16.5. The van der Waals surface area contributed by atoms with Crippen molar-refractivity contribution in [3.8, 4) is 5.75 Å². The monoisotopic (exact) mass is 303 g/mol. The number of ether oxygens (including phenoxy) is 1. The zero-order valence-corrected chi connectivity index (χ0v) is 13.0. The molecule has 1 N–H and O–H groups in total. The van der Waals surface area contributed by atoms with E-state index >= 15 is 0 Å². The number of piperidine rings is 1. The largest absolute Gasteiger partial charge is 0.495 e. The number of nitrogens with one attached hydrogen (secondary N) is 1. The van der Waals surface area contributed by atoms with Crippen LogP contribution in [0.3, 0.4) is 0 Å². The maximum atomic E-state index is 12.7. The highest BCUT2D eigenvalue weighted by molar-refractivity contribution is 5.83. The van der Waals surface area contributed by atoms with Gasteiger partial charge >= 0.3 is 5.69 Å². The summed E-state index contributed by atoms with van der Waals surface area (Å²) >= 11 is 0. The first-order valence-electron chi connectivity index (χ1n) is 7.69. The molecule has 0 radical (unpaired) electrons. The van der Waals surface area contributed by atoms with E-state index in [9.17, 15) is 9.59 Å². The number of benzene rings is 1. The first kappa shape index (κ1) is 14.8. The van der Waals surface area contributed by atoms with Gasteiger partial charge in [-0.2, -0.15) is 0 Å². The second-order valence-corrected chi connectivity index (χ2v) is 5.65. The van der Waals surface area contributed by atoms with Crippen LogP contribution in [0.2, 0.25) is 0 Å². The molecular weight excluding hydrogens is 282 g/mol. The van der Waals surface area contributed by atoms with E-state index in [4.69, 9.17) is 4.74 Å². The van der Waals surface area contributed by atoms with Gasteiger partial charge in [0.15, 0.2) is 0 Å². The molecule has 22 heavy (non-hydrogen) atoms. The van der Waals surface area contributed by atoms with Crippen LogP contribution in [-0.4, -0.2) is 41.2 Å². The fourth-order valence-corrected chi connectivity index (χ4v) is 3.22. The molecule has 1 saturated heterocycles. The minimum Gasteiger partial charge on any atom is -0.495 e. The number of rotatable bonds is 3. The van der Waals surface area contributed by atoms with Gasteiger partial charge in [-0.25, -0.2) is 4.79 Å². The number of H-pyrrole nitrogens is 1. The van der Waals surface area contributed by atoms with E-state index in [1.165, 1.54) is 11.7 Å². The third-order valence-corrected chi connectivity index (χ3v) is 4.52. The minimum absolute atomic E-state index is 0.0327. The lowest BCUT2D eigenvalue weighted by molar-refractivity contribution is 0.190. The predicted molar refractivity (Wildman–Crippen MR) is 85.8 cm³/mol. The molecule has 0 atom stereocenters. The van der Waals surface area contributed by atoms with Gasteiger partial charge in [-0.15, -0.1) is 0 Å². The molecule has 1 aromatic heterocycles. The predicted octanol–water partition coefficient (Wildman–Crippen LogP) is 1.36. The van der Waals surface area contributed by atoms with E-state index in [1.807, 2.05) is 0 Å². The second kappa shape index (κ2) is 5.96. The van der Waals surface area contributed by atoms with Crippen LogP contribution in [0.25, 0.3) is 10.9 Å². The maximum absolute atomic E-state index is 12.7. The Hall–Kier alpha value is -2.08. The van der Waals surface area contributed by atoms with Crippen molar-refractivity contribution in [2.45, 2.75) is 25.8 Å². The van der Waals surface area contributed by atoms with Crippen LogP contribution in [0.1, 0.15) is 25.8 Å². The Labute approximate surface area is 128 Å². The van der Waals surface area contributed by atoms with Crippen LogP contribution in [0.5, 0.6) is 5.75 Å². The molecule has 6 heteroatoms. The van der Waals surface area contributed by atoms with Crippen LogP contribution in [0.4, 0.5) is 0 Å². The topological polar surface area (TPSA) is 67.3 Å². The molecule has 3 rings (SSSR count). The fourth-order valence-electron chi connectivity index (χ4n) is 3.22. The van der Waals surface area contributed by atoms with Gasteiger partial charge < -0.3 is 14.6 Å². The van der Waals surface area contributed by atoms with Gasteiger partial charge in [0, 0.05) is 19.1 Å². The smallest absolute Gasteiger partial charge is 0.329 e. The fraction of sp³-hybridized carbons (Fsp3) is 0.500. The summed E-state index contributed by atoms with van der Waals surface area (Å²) in [7, 11) is 1.53. The minimum atomic E-state index is -0.350. The third-order valence-electron chi connectivity index (χ3n) is 4.52. The lowest BCUT2D eigenvalue weighted by Gasteiger charge is -2.31. The summed E-state index contributed by atoms with van der Waals surface area (Å²) in [5, 5.41) is 0.497. The Bertz CT molecular complexity index is 785. The van der Waals surface area contributed by atoms with Gasteiger partial charge in [0.2, 0.25) is 0 Å². The number of hydrogen-bond acceptors (Lipinski definition) is 4. The quantitative estimate of drug-likeness (QED) is 0.929. The van der Waals surface area contributed by atoms with Crippen molar-refractivity contribution in [3.05, 3.63) is 39.0 Å². The molecule has 1 fully saturated rings. The molecule has 0 amide bonds. The van der Waals surface area contributed by atoms with Gasteiger partial charge in [0.25, 0.3) is 5.56 Å². The molecule has 6 nitrogen and oxygen atoms in total. The van der Waals surface area contributed by atoms with Crippen molar-refractivity contribution in [3.63, 3.8) is 0 Å². The van der Waals surface area contributed by atoms with E-state index in [-0.39, 0.29) is 17.3 Å². The number of fused-ring (bicyclic) bond motifs is 1. The summed E-state index contributed by atoms with van der Waals surface area (Å²) < 4.78 is 6.61. The van der Waals surface area contributed by atoms with Crippen LogP contribution < -0.4 is 16.0 Å². The third kappa shape index (κ3) is 2.43. The molecule has 1 aromatic carbocycles. The molecule has 0 bridgehead atoms. The molecule has 2 aromatic rings. The molecule has 1 aliphatic rings. The van der Waals surface area contributed by atoms with E-state index < -0.39 is 0 Å². The van der Waals surface area contributed by atoms with Crippen LogP contribution in [0, 0.1) is 0 Å². The lowest BCUT2D eigenvalue weighted by atomic mass is 10.0. The number of para-hydroxylation sites is 1. The van der Waals surface area contributed by atoms with Crippen molar-refractivity contribution in [1.29, 1.82) is 0 Å². The van der Waals surface area contributed by atoms with Crippen molar-refractivity contribution < 1.29 is 4.74 Å². The highest BCUT2D eigenvalue weighted by Gasteiger charge is 2.23. The summed E-state index contributed by atoms with van der Waals surface area (Å²) in [5.74, 6) is 0.514. The molecule has 0 aliphatic carbocycles. The number of aromatic amines is 1. The summed E-state index contributed by atoms with van der Waals surface area (Å²) in [4.78, 5) is 30.3. The Kier molecular flexibility index (Phi) is 4.02. The zero-order chi connectivity index (χ0) is 15.7. The van der Waals surface area contributed by atoms with Crippen LogP contribution in [-0.2, 0) is 0 Å². The van der Waals surface area contributed by atoms with E-state index in [2.05, 4.69) is 16.8 Å². The Morgan fingerprint density at radius 1 is 1.27 bits per heavy atom. The summed E-state index contributed by atoms with van der Waals surface area (Å²) in [6, 6.07) is 5.20. The highest BCUT2D eigenvalue weighted by Crippen LogP contribution is 2.22. The van der Waals surface area contributed by atoms with E-state index in [0.717, 1.165) is 32.5 Å². The van der Waals surface area contributed by atoms with E-state index in [1.54, 1.807) is 18.2 Å². The van der Waals surface area contributed by atoms with Gasteiger partial charge in [0.1, 0.15) is 5.75 Å². The van der Waals surface area contributed by atoms with Crippen molar-refractivity contribution in [1.82, 2.24) is 14.5 Å². The molecule has 0 saturated carbocycles. The number of methoxy groups -OCH3 is 1. The lowest BCUT2D eigenvalue weighted by Crippen LogP contribution is -2.43. The van der Waals surface area contributed by atoms with E-state index in [0.29, 0.717) is 16.7 Å². The number of likely N-dealkylation sites (tertiary alicyclic amines) is 1. The second-order valence-electron chi connectivity index (χ2n) is 5.65. The van der Waals surface area contributed by atoms with Gasteiger partial charge in [-0.3, -0.25) is 9.36 Å². The van der Waals surface area contributed by atoms with Gasteiger partial charge in [0.05, 0.1) is 18.0 Å². The SMILES string of the molecule is CCN1CCC(n2c(=O)[nH]c3c(OC)cccc3c2=O)CC1. The summed E-state index contributed by atoms with van der Waals surface area (Å²) in [5.41, 5.74) is -0.105. The van der Waals surface area contributed by atoms with Crippen molar-refractivity contribution in [2.75, 3.05) is 26.7 Å². The standard InChI is InChI=1S/C16H21N3O3/c1-3-18-9-7-11(8-10-18)19-15(20)12-5-4-6-13(22-2)14(12)17-16(19)21/h4-6,11H,3,7-10H2,1-2H3,(H,17,21). The first-order valence-corrected chi connectivity index (χ1v) is 7.69. The molecule has 0 spiro atoms.